The van der Waals surface area contributed by atoms with E-state index < -0.39 is 0 Å². The summed E-state index contributed by atoms with van der Waals surface area (Å²) >= 11 is 1.93. The molecule has 6 aromatic carbocycles. The van der Waals surface area contributed by atoms with Crippen LogP contribution in [0, 0.1) is 0 Å². The summed E-state index contributed by atoms with van der Waals surface area (Å²) in [7, 11) is 0. The maximum Gasteiger partial charge on any atom is 0.0543 e. The van der Waals surface area contributed by atoms with E-state index in [2.05, 4.69) is 146 Å². The van der Waals surface area contributed by atoms with Gasteiger partial charge in [0.1, 0.15) is 0 Å². The van der Waals surface area contributed by atoms with Gasteiger partial charge in [0.05, 0.1) is 5.69 Å². The van der Waals surface area contributed by atoms with Gasteiger partial charge in [0.25, 0.3) is 0 Å². The van der Waals surface area contributed by atoms with E-state index in [9.17, 15) is 0 Å². The third-order valence-corrected chi connectivity index (χ3v) is 9.60. The Hall–Kier alpha value is -4.40. The van der Waals surface area contributed by atoms with Crippen LogP contribution in [0.3, 0.4) is 0 Å². The fourth-order valence-corrected chi connectivity index (χ4v) is 8.00. The van der Waals surface area contributed by atoms with Crippen LogP contribution < -0.4 is 4.90 Å². The Kier molecular flexibility index (Phi) is 4.80. The Bertz CT molecular complexity index is 1990. The van der Waals surface area contributed by atoms with Crippen LogP contribution in [-0.4, -0.2) is 0 Å². The molecule has 2 heteroatoms. The molecule has 0 N–H and O–H groups in total. The molecule has 186 valence electrons. The summed E-state index contributed by atoms with van der Waals surface area (Å²) in [4.78, 5) is 2.43. The fourth-order valence-electron chi connectivity index (χ4n) is 6.75. The molecule has 0 saturated carbocycles. The maximum absolute atomic E-state index is 2.43. The molecule has 1 aromatic heterocycles. The largest absolute Gasteiger partial charge is 0.310 e. The van der Waals surface area contributed by atoms with Gasteiger partial charge in [-0.05, 0) is 58.5 Å². The quantitative estimate of drug-likeness (QED) is 0.225. The molecule has 0 bridgehead atoms. The number of hydrogen-bond donors (Lipinski definition) is 0. The molecule has 1 aliphatic rings. The molecule has 0 spiro atoms. The number of rotatable bonds is 3. The first kappa shape index (κ1) is 22.6. The van der Waals surface area contributed by atoms with Crippen LogP contribution in [0.25, 0.3) is 42.1 Å². The summed E-state index contributed by atoms with van der Waals surface area (Å²) in [6, 6.07) is 46.4. The van der Waals surface area contributed by atoms with Gasteiger partial charge in [0, 0.05) is 47.9 Å². The van der Waals surface area contributed by atoms with Gasteiger partial charge in [-0.1, -0.05) is 105 Å². The van der Waals surface area contributed by atoms with Crippen molar-refractivity contribution in [2.24, 2.45) is 0 Å². The highest BCUT2D eigenvalue weighted by molar-refractivity contribution is 7.26. The van der Waals surface area contributed by atoms with E-state index in [-0.39, 0.29) is 5.41 Å². The van der Waals surface area contributed by atoms with Crippen molar-refractivity contribution in [3.8, 4) is 11.1 Å². The van der Waals surface area contributed by atoms with E-state index in [1.165, 1.54) is 58.9 Å². The first-order valence-corrected chi connectivity index (χ1v) is 14.4. The Balaban J connectivity index is 1.56. The van der Waals surface area contributed by atoms with Gasteiger partial charge in [0.2, 0.25) is 0 Å². The summed E-state index contributed by atoms with van der Waals surface area (Å²) in [6.07, 6.45) is 0. The summed E-state index contributed by atoms with van der Waals surface area (Å²) in [6.45, 7) is 4.83. The SMILES string of the molecule is CC1(C)c2cccc(N(c3ccccc3)c3ccccc3)c2-c2c1c1c3ccccc3sc1c1ccccc21. The molecule has 0 saturated heterocycles. The molecule has 0 aliphatic heterocycles. The summed E-state index contributed by atoms with van der Waals surface area (Å²) in [5.74, 6) is 0. The predicted molar refractivity (Wildman–Crippen MR) is 169 cm³/mol. The number of thiophene rings is 1. The van der Waals surface area contributed by atoms with E-state index in [0.29, 0.717) is 0 Å². The lowest BCUT2D eigenvalue weighted by atomic mass is 9.80. The molecule has 1 aliphatic carbocycles. The van der Waals surface area contributed by atoms with Crippen molar-refractivity contribution in [1.82, 2.24) is 0 Å². The number of para-hydroxylation sites is 2. The molecule has 7 aromatic rings. The van der Waals surface area contributed by atoms with E-state index in [0.717, 1.165) is 11.4 Å². The molecule has 8 rings (SSSR count). The number of benzene rings is 6. The van der Waals surface area contributed by atoms with Gasteiger partial charge in [0.15, 0.2) is 0 Å². The van der Waals surface area contributed by atoms with Crippen LogP contribution in [0.2, 0.25) is 0 Å². The summed E-state index contributed by atoms with van der Waals surface area (Å²) in [5.41, 5.74) is 8.97. The van der Waals surface area contributed by atoms with E-state index >= 15 is 0 Å². The van der Waals surface area contributed by atoms with Crippen LogP contribution in [0.1, 0.15) is 25.0 Å². The van der Waals surface area contributed by atoms with Crippen molar-refractivity contribution in [2.75, 3.05) is 4.90 Å². The summed E-state index contributed by atoms with van der Waals surface area (Å²) < 4.78 is 2.75. The minimum Gasteiger partial charge on any atom is -0.310 e. The average Bonchev–Trinajstić information content (AvgIpc) is 3.48. The van der Waals surface area contributed by atoms with Crippen molar-refractivity contribution < 1.29 is 0 Å². The Morgan fingerprint density at radius 2 is 1.13 bits per heavy atom. The second-order valence-corrected chi connectivity index (χ2v) is 12.0. The van der Waals surface area contributed by atoms with Crippen LogP contribution in [0.15, 0.2) is 127 Å². The molecule has 0 radical (unpaired) electrons. The smallest absolute Gasteiger partial charge is 0.0543 e. The second-order valence-electron chi connectivity index (χ2n) is 10.9. The molecular weight excluding hydrogens is 490 g/mol. The first-order valence-electron chi connectivity index (χ1n) is 13.5. The van der Waals surface area contributed by atoms with Gasteiger partial charge < -0.3 is 4.90 Å². The zero-order valence-corrected chi connectivity index (χ0v) is 22.8. The molecule has 39 heavy (non-hydrogen) atoms. The van der Waals surface area contributed by atoms with Crippen molar-refractivity contribution in [3.05, 3.63) is 139 Å². The average molecular weight is 518 g/mol. The zero-order chi connectivity index (χ0) is 26.1. The second kappa shape index (κ2) is 8.30. The number of fused-ring (bicyclic) bond motifs is 10. The highest BCUT2D eigenvalue weighted by Crippen LogP contribution is 2.60. The van der Waals surface area contributed by atoms with Crippen molar-refractivity contribution in [2.45, 2.75) is 19.3 Å². The van der Waals surface area contributed by atoms with Crippen molar-refractivity contribution in [1.29, 1.82) is 0 Å². The third kappa shape index (κ3) is 3.13. The zero-order valence-electron chi connectivity index (χ0n) is 22.0. The lowest BCUT2D eigenvalue weighted by molar-refractivity contribution is 0.667. The van der Waals surface area contributed by atoms with Gasteiger partial charge in [-0.3, -0.25) is 0 Å². The lowest BCUT2D eigenvalue weighted by Crippen LogP contribution is -2.16. The molecule has 0 fully saturated rings. The Labute approximate surface area is 232 Å². The Morgan fingerprint density at radius 1 is 0.538 bits per heavy atom. The van der Waals surface area contributed by atoms with Crippen LogP contribution >= 0.6 is 11.3 Å². The highest BCUT2D eigenvalue weighted by atomic mass is 32.1. The van der Waals surface area contributed by atoms with Crippen molar-refractivity contribution in [3.63, 3.8) is 0 Å². The predicted octanol–water partition coefficient (Wildman–Crippen LogP) is 11.0. The normalized spacial score (nSPS) is 13.6. The van der Waals surface area contributed by atoms with Gasteiger partial charge in [-0.2, -0.15) is 0 Å². The van der Waals surface area contributed by atoms with Crippen LogP contribution in [0.5, 0.6) is 0 Å². The summed E-state index contributed by atoms with van der Waals surface area (Å²) in [5, 5.41) is 5.47. The molecule has 0 atom stereocenters. The van der Waals surface area contributed by atoms with E-state index in [4.69, 9.17) is 0 Å². The van der Waals surface area contributed by atoms with Gasteiger partial charge >= 0.3 is 0 Å². The topological polar surface area (TPSA) is 3.24 Å². The lowest BCUT2D eigenvalue weighted by Gasteiger charge is -2.28. The van der Waals surface area contributed by atoms with Crippen LogP contribution in [0.4, 0.5) is 17.1 Å². The van der Waals surface area contributed by atoms with E-state index in [1.54, 1.807) is 0 Å². The first-order chi connectivity index (χ1) is 19.1. The minimum absolute atomic E-state index is 0.147. The van der Waals surface area contributed by atoms with Gasteiger partial charge in [-0.25, -0.2) is 0 Å². The number of nitrogens with zero attached hydrogens (tertiary/aromatic N) is 1. The standard InChI is InChI=1S/C37H27NS/c1-37(2)29-21-13-22-30(38(24-14-5-3-6-15-24)25-16-7-4-8-17-25)34(29)32-26-18-9-10-19-27(26)36-33(35(32)37)28-20-11-12-23-31(28)39-36/h3-23H,1-2H3. The molecule has 0 unspecified atom stereocenters. The van der Waals surface area contributed by atoms with Gasteiger partial charge in [-0.15, -0.1) is 11.3 Å². The highest BCUT2D eigenvalue weighted by Gasteiger charge is 2.41. The molecular formula is C37H27NS. The van der Waals surface area contributed by atoms with Crippen LogP contribution in [-0.2, 0) is 5.41 Å². The number of anilines is 3. The molecule has 1 heterocycles. The monoisotopic (exact) mass is 517 g/mol. The molecule has 0 amide bonds. The third-order valence-electron chi connectivity index (χ3n) is 8.40. The number of hydrogen-bond acceptors (Lipinski definition) is 2. The van der Waals surface area contributed by atoms with E-state index in [1.807, 2.05) is 11.3 Å². The Morgan fingerprint density at radius 3 is 1.82 bits per heavy atom. The molecule has 1 nitrogen and oxygen atoms in total. The maximum atomic E-state index is 2.43. The fraction of sp³-hybridized carbons (Fsp3) is 0.0811. The minimum atomic E-state index is -0.147. The van der Waals surface area contributed by atoms with Crippen molar-refractivity contribution >= 4 is 59.3 Å².